The fourth-order valence-electron chi connectivity index (χ4n) is 1.42. The highest BCUT2D eigenvalue weighted by atomic mass is 35.5. The van der Waals surface area contributed by atoms with Crippen LogP contribution in [0.15, 0.2) is 18.2 Å². The van der Waals surface area contributed by atoms with Crippen molar-refractivity contribution in [1.29, 1.82) is 0 Å². The number of carbonyl (C=O) groups is 1. The van der Waals surface area contributed by atoms with Crippen molar-refractivity contribution in [3.05, 3.63) is 33.8 Å². The van der Waals surface area contributed by atoms with Crippen molar-refractivity contribution in [2.45, 2.75) is 13.0 Å². The summed E-state index contributed by atoms with van der Waals surface area (Å²) in [6.45, 7) is 1.27. The minimum Gasteiger partial charge on any atom is -0.469 e. The lowest BCUT2D eigenvalue weighted by Crippen LogP contribution is -2.22. The zero-order chi connectivity index (χ0) is 12.8. The van der Waals surface area contributed by atoms with Gasteiger partial charge in [-0.1, -0.05) is 23.2 Å². The van der Waals surface area contributed by atoms with Gasteiger partial charge in [0.2, 0.25) is 0 Å². The van der Waals surface area contributed by atoms with Gasteiger partial charge in [0.25, 0.3) is 0 Å². The maximum absolute atomic E-state index is 11.0. The van der Waals surface area contributed by atoms with Gasteiger partial charge in [0.15, 0.2) is 0 Å². The summed E-state index contributed by atoms with van der Waals surface area (Å²) in [6.07, 6.45) is 0.366. The number of nitrogens with zero attached hydrogens (tertiary/aromatic N) is 1. The number of hydrogen-bond donors (Lipinski definition) is 0. The summed E-state index contributed by atoms with van der Waals surface area (Å²) in [6, 6.07) is 5.35. The highest BCUT2D eigenvalue weighted by Crippen LogP contribution is 2.21. The number of carbonyl (C=O) groups excluding carboxylic acids is 1. The largest absolute Gasteiger partial charge is 0.469 e. The van der Waals surface area contributed by atoms with Crippen LogP contribution < -0.4 is 0 Å². The van der Waals surface area contributed by atoms with E-state index in [-0.39, 0.29) is 5.97 Å². The molecule has 3 nitrogen and oxygen atoms in total. The van der Waals surface area contributed by atoms with Crippen LogP contribution in [-0.2, 0) is 16.1 Å². The monoisotopic (exact) mass is 275 g/mol. The first-order valence-corrected chi connectivity index (χ1v) is 5.98. The molecule has 1 rings (SSSR count). The van der Waals surface area contributed by atoms with Gasteiger partial charge < -0.3 is 9.64 Å². The molecule has 0 atom stereocenters. The van der Waals surface area contributed by atoms with E-state index in [0.717, 1.165) is 5.56 Å². The molecule has 0 aliphatic heterocycles. The quantitative estimate of drug-likeness (QED) is 0.774. The van der Waals surface area contributed by atoms with E-state index in [2.05, 4.69) is 4.74 Å². The van der Waals surface area contributed by atoms with Crippen LogP contribution in [0, 0.1) is 0 Å². The average molecular weight is 276 g/mol. The SMILES string of the molecule is COC(=O)CCN(C)Cc1cc(Cl)ccc1Cl. The predicted molar refractivity (Wildman–Crippen MR) is 69.4 cm³/mol. The van der Waals surface area contributed by atoms with E-state index in [1.54, 1.807) is 12.1 Å². The van der Waals surface area contributed by atoms with E-state index >= 15 is 0 Å². The zero-order valence-corrected chi connectivity index (χ0v) is 11.4. The highest BCUT2D eigenvalue weighted by molar-refractivity contribution is 6.33. The Bertz CT molecular complexity index is 396. The Morgan fingerprint density at radius 3 is 2.76 bits per heavy atom. The third-order valence-electron chi connectivity index (χ3n) is 2.37. The molecule has 94 valence electrons. The predicted octanol–water partition coefficient (Wildman–Crippen LogP) is 2.99. The van der Waals surface area contributed by atoms with Crippen molar-refractivity contribution in [2.75, 3.05) is 20.7 Å². The van der Waals surface area contributed by atoms with E-state index in [4.69, 9.17) is 23.2 Å². The summed E-state index contributed by atoms with van der Waals surface area (Å²) in [5.74, 6) is -0.214. The summed E-state index contributed by atoms with van der Waals surface area (Å²) < 4.78 is 4.58. The van der Waals surface area contributed by atoms with Gasteiger partial charge in [-0.3, -0.25) is 4.79 Å². The highest BCUT2D eigenvalue weighted by Gasteiger charge is 2.07. The lowest BCUT2D eigenvalue weighted by Gasteiger charge is -2.16. The van der Waals surface area contributed by atoms with E-state index in [0.29, 0.717) is 29.6 Å². The van der Waals surface area contributed by atoms with Gasteiger partial charge in [0.05, 0.1) is 13.5 Å². The Balaban J connectivity index is 2.52. The minimum absolute atomic E-state index is 0.214. The Morgan fingerprint density at radius 2 is 2.12 bits per heavy atom. The standard InChI is InChI=1S/C12H15Cl2NO2/c1-15(6-5-12(16)17-2)8-9-7-10(13)3-4-11(9)14/h3-4,7H,5-6,8H2,1-2H3. The first kappa shape index (κ1) is 14.3. The summed E-state index contributed by atoms with van der Waals surface area (Å²) in [7, 11) is 3.30. The molecule has 0 radical (unpaired) electrons. The number of halogens is 2. The molecule has 0 aromatic heterocycles. The topological polar surface area (TPSA) is 29.5 Å². The molecule has 0 fully saturated rings. The second kappa shape index (κ2) is 6.84. The van der Waals surface area contributed by atoms with Crippen LogP contribution in [0.2, 0.25) is 10.0 Å². The van der Waals surface area contributed by atoms with Crippen LogP contribution in [-0.4, -0.2) is 31.6 Å². The van der Waals surface area contributed by atoms with E-state index in [1.807, 2.05) is 18.0 Å². The number of benzene rings is 1. The third-order valence-corrected chi connectivity index (χ3v) is 2.98. The molecule has 0 bridgehead atoms. The number of hydrogen-bond acceptors (Lipinski definition) is 3. The smallest absolute Gasteiger partial charge is 0.306 e. The minimum atomic E-state index is -0.214. The maximum Gasteiger partial charge on any atom is 0.306 e. The summed E-state index contributed by atoms with van der Waals surface area (Å²) in [5, 5.41) is 1.34. The molecule has 0 spiro atoms. The first-order chi connectivity index (χ1) is 8.02. The van der Waals surface area contributed by atoms with Gasteiger partial charge in [-0.05, 0) is 30.8 Å². The molecule has 0 amide bonds. The van der Waals surface area contributed by atoms with Crippen LogP contribution >= 0.6 is 23.2 Å². The van der Waals surface area contributed by atoms with Gasteiger partial charge in [-0.2, -0.15) is 0 Å². The second-order valence-electron chi connectivity index (χ2n) is 3.80. The van der Waals surface area contributed by atoms with E-state index in [9.17, 15) is 4.79 Å². The molecule has 17 heavy (non-hydrogen) atoms. The van der Waals surface area contributed by atoms with Crippen molar-refractivity contribution in [2.24, 2.45) is 0 Å². The fraction of sp³-hybridized carbons (Fsp3) is 0.417. The molecular formula is C12H15Cl2NO2. The number of rotatable bonds is 5. The van der Waals surface area contributed by atoms with Gasteiger partial charge >= 0.3 is 5.97 Å². The lowest BCUT2D eigenvalue weighted by molar-refractivity contribution is -0.140. The lowest BCUT2D eigenvalue weighted by atomic mass is 10.2. The van der Waals surface area contributed by atoms with Crippen LogP contribution in [0.1, 0.15) is 12.0 Å². The molecule has 1 aromatic carbocycles. The van der Waals surface area contributed by atoms with Crippen molar-refractivity contribution < 1.29 is 9.53 Å². The molecule has 0 saturated carbocycles. The van der Waals surface area contributed by atoms with E-state index < -0.39 is 0 Å². The maximum atomic E-state index is 11.0. The number of ether oxygens (including phenoxy) is 1. The molecular weight excluding hydrogens is 261 g/mol. The van der Waals surface area contributed by atoms with Crippen molar-refractivity contribution in [1.82, 2.24) is 4.90 Å². The van der Waals surface area contributed by atoms with Gasteiger partial charge in [0.1, 0.15) is 0 Å². The Hall–Kier alpha value is -0.770. The van der Waals surface area contributed by atoms with Gasteiger partial charge in [-0.25, -0.2) is 0 Å². The van der Waals surface area contributed by atoms with Crippen molar-refractivity contribution in [3.63, 3.8) is 0 Å². The fourth-order valence-corrected chi connectivity index (χ4v) is 1.79. The summed E-state index contributed by atoms with van der Waals surface area (Å²) in [5.41, 5.74) is 0.950. The molecule has 0 aliphatic carbocycles. The molecule has 0 aliphatic rings. The van der Waals surface area contributed by atoms with Crippen LogP contribution in [0.5, 0.6) is 0 Å². The molecule has 0 N–H and O–H groups in total. The first-order valence-electron chi connectivity index (χ1n) is 5.22. The molecule has 0 heterocycles. The number of esters is 1. The van der Waals surface area contributed by atoms with Crippen LogP contribution in [0.4, 0.5) is 0 Å². The van der Waals surface area contributed by atoms with Gasteiger partial charge in [0, 0.05) is 23.1 Å². The van der Waals surface area contributed by atoms with Crippen LogP contribution in [0.3, 0.4) is 0 Å². The Kier molecular flexibility index (Phi) is 5.75. The molecule has 5 heteroatoms. The molecule has 0 saturated heterocycles. The number of methoxy groups -OCH3 is 1. The van der Waals surface area contributed by atoms with Crippen LogP contribution in [0.25, 0.3) is 0 Å². The molecule has 1 aromatic rings. The van der Waals surface area contributed by atoms with E-state index in [1.165, 1.54) is 7.11 Å². The summed E-state index contributed by atoms with van der Waals surface area (Å²) >= 11 is 12.0. The zero-order valence-electron chi connectivity index (χ0n) is 9.87. The second-order valence-corrected chi connectivity index (χ2v) is 4.64. The van der Waals surface area contributed by atoms with Crippen molar-refractivity contribution >= 4 is 29.2 Å². The normalized spacial score (nSPS) is 10.6. The Labute approximate surface area is 111 Å². The Morgan fingerprint density at radius 1 is 1.41 bits per heavy atom. The van der Waals surface area contributed by atoms with Gasteiger partial charge in [-0.15, -0.1) is 0 Å². The average Bonchev–Trinajstić information content (AvgIpc) is 2.30. The molecule has 0 unspecified atom stereocenters. The third kappa shape index (κ3) is 4.94. The van der Waals surface area contributed by atoms with Crippen molar-refractivity contribution in [3.8, 4) is 0 Å². The summed E-state index contributed by atoms with van der Waals surface area (Å²) in [4.78, 5) is 13.0.